The maximum absolute atomic E-state index is 12.9. The molecular weight excluding hydrogens is 341 g/mol. The second-order valence-corrected chi connectivity index (χ2v) is 6.55. The number of benzene rings is 2. The van der Waals surface area contributed by atoms with Crippen LogP contribution in [0.1, 0.15) is 5.56 Å². The lowest BCUT2D eigenvalue weighted by atomic mass is 10.2. The van der Waals surface area contributed by atoms with Crippen LogP contribution in [-0.4, -0.2) is 43.7 Å². The summed E-state index contributed by atoms with van der Waals surface area (Å²) in [5.74, 6) is 0.144. The Kier molecular flexibility index (Phi) is 5.62. The first-order valence-corrected chi connectivity index (χ1v) is 8.76. The van der Waals surface area contributed by atoms with Gasteiger partial charge in [0, 0.05) is 18.0 Å². The molecule has 0 bridgehead atoms. The average Bonchev–Trinajstić information content (AvgIpc) is 3.08. The number of aromatic nitrogens is 4. The van der Waals surface area contributed by atoms with E-state index in [0.29, 0.717) is 17.5 Å². The molecule has 3 rings (SSSR count). The van der Waals surface area contributed by atoms with E-state index in [1.165, 1.54) is 23.9 Å². The van der Waals surface area contributed by atoms with E-state index in [-0.39, 0.29) is 5.82 Å². The van der Waals surface area contributed by atoms with Gasteiger partial charge in [-0.1, -0.05) is 23.9 Å². The molecule has 0 amide bonds. The van der Waals surface area contributed by atoms with Crippen molar-refractivity contribution in [2.75, 3.05) is 17.6 Å². The molecule has 0 radical (unpaired) electrons. The molecule has 2 N–H and O–H groups in total. The van der Waals surface area contributed by atoms with Crippen LogP contribution < -0.4 is 5.32 Å². The highest BCUT2D eigenvalue weighted by molar-refractivity contribution is 7.99. The summed E-state index contributed by atoms with van der Waals surface area (Å²) in [4.78, 5) is 0. The van der Waals surface area contributed by atoms with E-state index in [0.717, 1.165) is 16.9 Å². The van der Waals surface area contributed by atoms with Crippen molar-refractivity contribution >= 4 is 17.4 Å². The number of halogens is 1. The maximum atomic E-state index is 12.9. The molecule has 0 saturated carbocycles. The van der Waals surface area contributed by atoms with Gasteiger partial charge in [0.1, 0.15) is 5.82 Å². The lowest BCUT2D eigenvalue weighted by molar-refractivity contribution is 0.213. The van der Waals surface area contributed by atoms with Gasteiger partial charge in [0.05, 0.1) is 11.8 Å². The first-order chi connectivity index (χ1) is 12.1. The van der Waals surface area contributed by atoms with E-state index in [1.807, 2.05) is 31.2 Å². The molecule has 0 spiro atoms. The highest BCUT2D eigenvalue weighted by atomic mass is 32.2. The zero-order valence-corrected chi connectivity index (χ0v) is 14.4. The Morgan fingerprint density at radius 1 is 1.24 bits per heavy atom. The molecule has 8 heteroatoms. The first kappa shape index (κ1) is 17.4. The topological polar surface area (TPSA) is 75.9 Å². The van der Waals surface area contributed by atoms with Crippen LogP contribution >= 0.6 is 11.8 Å². The molecule has 0 saturated heterocycles. The van der Waals surface area contributed by atoms with Crippen molar-refractivity contribution < 1.29 is 9.50 Å². The minimum Gasteiger partial charge on any atom is -0.390 e. The van der Waals surface area contributed by atoms with E-state index in [1.54, 1.807) is 16.8 Å². The van der Waals surface area contributed by atoms with Gasteiger partial charge in [-0.15, -0.1) is 5.10 Å². The molecule has 0 unspecified atom stereocenters. The number of nitrogens with one attached hydrogen (secondary N) is 1. The minimum atomic E-state index is -0.599. The highest BCUT2D eigenvalue weighted by Gasteiger charge is 2.12. The van der Waals surface area contributed by atoms with Crippen molar-refractivity contribution in [1.29, 1.82) is 0 Å². The molecule has 1 atom stereocenters. The number of aliphatic hydroxyl groups is 1. The molecular formula is C17H18FN5OS. The number of anilines is 1. The van der Waals surface area contributed by atoms with Crippen LogP contribution in [0.25, 0.3) is 5.69 Å². The largest absolute Gasteiger partial charge is 0.390 e. The highest BCUT2D eigenvalue weighted by Crippen LogP contribution is 2.19. The fraction of sp³-hybridized carbons (Fsp3) is 0.235. The second kappa shape index (κ2) is 8.09. The molecule has 3 aromatic rings. The number of nitrogens with zero attached hydrogens (tertiary/aromatic N) is 4. The third-order valence-electron chi connectivity index (χ3n) is 3.48. The van der Waals surface area contributed by atoms with Crippen molar-refractivity contribution in [3.05, 3.63) is 59.9 Å². The number of aryl methyl sites for hydroxylation is 1. The van der Waals surface area contributed by atoms with E-state index in [4.69, 9.17) is 0 Å². The summed E-state index contributed by atoms with van der Waals surface area (Å²) in [6, 6.07) is 13.9. The van der Waals surface area contributed by atoms with Crippen LogP contribution in [0.5, 0.6) is 0 Å². The van der Waals surface area contributed by atoms with Gasteiger partial charge in [-0.3, -0.25) is 0 Å². The number of rotatable bonds is 7. The van der Waals surface area contributed by atoms with E-state index < -0.39 is 6.10 Å². The van der Waals surface area contributed by atoms with Gasteiger partial charge >= 0.3 is 0 Å². The summed E-state index contributed by atoms with van der Waals surface area (Å²) in [6.07, 6.45) is -0.599. The van der Waals surface area contributed by atoms with Crippen molar-refractivity contribution in [1.82, 2.24) is 20.2 Å². The van der Waals surface area contributed by atoms with Gasteiger partial charge in [-0.05, 0) is 59.3 Å². The third kappa shape index (κ3) is 4.77. The molecule has 0 aliphatic heterocycles. The molecule has 2 aromatic carbocycles. The fourth-order valence-corrected chi connectivity index (χ4v) is 3.04. The average molecular weight is 359 g/mol. The third-order valence-corrected chi connectivity index (χ3v) is 4.54. The zero-order chi connectivity index (χ0) is 17.6. The Bertz CT molecular complexity index is 824. The van der Waals surface area contributed by atoms with Crippen LogP contribution in [0.3, 0.4) is 0 Å². The van der Waals surface area contributed by atoms with Crippen LogP contribution in [0.2, 0.25) is 0 Å². The fourth-order valence-electron chi connectivity index (χ4n) is 2.22. The zero-order valence-electron chi connectivity index (χ0n) is 13.6. The van der Waals surface area contributed by atoms with Crippen molar-refractivity contribution in [2.24, 2.45) is 0 Å². The van der Waals surface area contributed by atoms with Gasteiger partial charge < -0.3 is 10.4 Å². The van der Waals surface area contributed by atoms with Gasteiger partial charge in [-0.2, -0.15) is 4.68 Å². The first-order valence-electron chi connectivity index (χ1n) is 7.77. The lowest BCUT2D eigenvalue weighted by Gasteiger charge is -2.12. The summed E-state index contributed by atoms with van der Waals surface area (Å²) in [6.45, 7) is 2.36. The Morgan fingerprint density at radius 3 is 2.80 bits per heavy atom. The number of hydrogen-bond donors (Lipinski definition) is 2. The minimum absolute atomic E-state index is 0.287. The quantitative estimate of drug-likeness (QED) is 0.632. The van der Waals surface area contributed by atoms with E-state index in [9.17, 15) is 9.50 Å². The maximum Gasteiger partial charge on any atom is 0.214 e. The smallest absolute Gasteiger partial charge is 0.214 e. The predicted molar refractivity (Wildman–Crippen MR) is 95.5 cm³/mol. The summed E-state index contributed by atoms with van der Waals surface area (Å²) in [7, 11) is 0. The Balaban J connectivity index is 1.55. The summed E-state index contributed by atoms with van der Waals surface area (Å²) in [5.41, 5.74) is 2.76. The number of tetrazole rings is 1. The normalized spacial score (nSPS) is 12.1. The molecule has 1 heterocycles. The van der Waals surface area contributed by atoms with E-state index in [2.05, 4.69) is 20.8 Å². The Labute approximate surface area is 149 Å². The van der Waals surface area contributed by atoms with Crippen molar-refractivity contribution in [3.63, 3.8) is 0 Å². The van der Waals surface area contributed by atoms with Gasteiger partial charge in [0.2, 0.25) is 5.16 Å². The lowest BCUT2D eigenvalue weighted by Crippen LogP contribution is -2.22. The van der Waals surface area contributed by atoms with Crippen LogP contribution in [-0.2, 0) is 0 Å². The standard InChI is InChI=1S/C17H18FN5OS/c1-12-3-2-4-15(9-12)23-17(20-21-22-23)25-11-16(24)10-19-14-7-5-13(18)6-8-14/h2-9,16,19,24H,10-11H2,1H3/t16-/m1/s1. The summed E-state index contributed by atoms with van der Waals surface area (Å²) >= 11 is 1.38. The number of thioether (sulfide) groups is 1. The van der Waals surface area contributed by atoms with Gasteiger partial charge in [0.25, 0.3) is 0 Å². The van der Waals surface area contributed by atoms with Crippen molar-refractivity contribution in [3.8, 4) is 5.69 Å². The number of hydrogen-bond acceptors (Lipinski definition) is 6. The second-order valence-electron chi connectivity index (χ2n) is 5.56. The molecule has 0 aliphatic carbocycles. The van der Waals surface area contributed by atoms with Crippen molar-refractivity contribution in [2.45, 2.75) is 18.2 Å². The molecule has 25 heavy (non-hydrogen) atoms. The van der Waals surface area contributed by atoms with E-state index >= 15 is 0 Å². The summed E-state index contributed by atoms with van der Waals surface area (Å²) in [5, 5.41) is 25.6. The SMILES string of the molecule is Cc1cccc(-n2nnnc2SC[C@H](O)CNc2ccc(F)cc2)c1. The monoisotopic (exact) mass is 359 g/mol. The molecule has 6 nitrogen and oxygen atoms in total. The van der Waals surface area contributed by atoms with Crippen LogP contribution in [0.4, 0.5) is 10.1 Å². The van der Waals surface area contributed by atoms with Gasteiger partial charge in [-0.25, -0.2) is 4.39 Å². The predicted octanol–water partition coefficient (Wildman–Crippen LogP) is 2.67. The summed E-state index contributed by atoms with van der Waals surface area (Å²) < 4.78 is 14.5. The Hall–Kier alpha value is -2.45. The molecule has 0 aliphatic rings. The molecule has 0 fully saturated rings. The molecule has 130 valence electrons. The molecule has 1 aromatic heterocycles. The van der Waals surface area contributed by atoms with Crippen LogP contribution in [0, 0.1) is 12.7 Å². The number of aliphatic hydroxyl groups excluding tert-OH is 1. The van der Waals surface area contributed by atoms with Crippen LogP contribution in [0.15, 0.2) is 53.7 Å². The van der Waals surface area contributed by atoms with Gasteiger partial charge in [0.15, 0.2) is 0 Å². The Morgan fingerprint density at radius 2 is 2.04 bits per heavy atom.